The van der Waals surface area contributed by atoms with E-state index < -0.39 is 0 Å². The third-order valence-corrected chi connectivity index (χ3v) is 4.77. The number of nitrogens with zero attached hydrogens (tertiary/aromatic N) is 3. The fourth-order valence-electron chi connectivity index (χ4n) is 3.61. The molecule has 6 nitrogen and oxygen atoms in total. The predicted octanol–water partition coefficient (Wildman–Crippen LogP) is 3.80. The number of hydrogen-bond acceptors (Lipinski definition) is 4. The molecule has 1 atom stereocenters. The first kappa shape index (κ1) is 14.9. The van der Waals surface area contributed by atoms with Crippen molar-refractivity contribution in [3.63, 3.8) is 0 Å². The molecule has 1 aliphatic rings. The highest BCUT2D eigenvalue weighted by molar-refractivity contribution is 5.95. The van der Waals surface area contributed by atoms with Gasteiger partial charge in [-0.1, -0.05) is 42.5 Å². The Hall–Kier alpha value is -3.41. The van der Waals surface area contributed by atoms with Crippen molar-refractivity contribution in [3.8, 4) is 6.01 Å². The number of nitrogens with one attached hydrogen (secondary N) is 1. The topological polar surface area (TPSA) is 73.0 Å². The number of fused-ring (bicyclic) bond motifs is 2. The Morgan fingerprint density at radius 2 is 1.88 bits per heavy atom. The van der Waals surface area contributed by atoms with Crippen LogP contribution < -0.4 is 5.32 Å². The van der Waals surface area contributed by atoms with Crippen molar-refractivity contribution < 1.29 is 9.21 Å². The van der Waals surface area contributed by atoms with Gasteiger partial charge in [0.2, 0.25) is 5.91 Å². The molecule has 1 aliphatic heterocycles. The highest BCUT2D eigenvalue weighted by atomic mass is 16.4. The average Bonchev–Trinajstić information content (AvgIpc) is 3.23. The van der Waals surface area contributed by atoms with Crippen LogP contribution in [0.5, 0.6) is 0 Å². The van der Waals surface area contributed by atoms with E-state index >= 15 is 0 Å². The number of aromatic nitrogens is 3. The molecule has 1 amide bonds. The summed E-state index contributed by atoms with van der Waals surface area (Å²) >= 11 is 0. The first-order chi connectivity index (χ1) is 12.7. The molecule has 0 saturated heterocycles. The normalized spacial score (nSPS) is 16.5. The molecule has 2 aromatic carbocycles. The molecular formula is C20H16N4O2. The largest absolute Gasteiger partial charge is 0.422 e. The Morgan fingerprint density at radius 1 is 1.12 bits per heavy atom. The fourth-order valence-corrected chi connectivity index (χ4v) is 3.61. The first-order valence-corrected chi connectivity index (χ1v) is 8.51. The Kier molecular flexibility index (Phi) is 3.18. The molecule has 0 aliphatic carbocycles. The van der Waals surface area contributed by atoms with Crippen molar-refractivity contribution in [1.29, 1.82) is 0 Å². The van der Waals surface area contributed by atoms with Gasteiger partial charge in [0, 0.05) is 17.9 Å². The van der Waals surface area contributed by atoms with Gasteiger partial charge in [-0.2, -0.15) is 14.8 Å². The van der Waals surface area contributed by atoms with Gasteiger partial charge in [-0.15, -0.1) is 0 Å². The van der Waals surface area contributed by atoms with E-state index in [4.69, 9.17) is 4.42 Å². The van der Waals surface area contributed by atoms with Gasteiger partial charge in [-0.3, -0.25) is 4.79 Å². The van der Waals surface area contributed by atoms with Crippen LogP contribution in [0.25, 0.3) is 17.1 Å². The maximum Gasteiger partial charge on any atom is 0.325 e. The van der Waals surface area contributed by atoms with Crippen LogP contribution in [0.15, 0.2) is 59.0 Å². The quantitative estimate of drug-likeness (QED) is 0.600. The lowest BCUT2D eigenvalue weighted by molar-refractivity contribution is -0.116. The summed E-state index contributed by atoms with van der Waals surface area (Å²) in [5, 5.41) is 7.57. The lowest BCUT2D eigenvalue weighted by atomic mass is 9.86. The van der Waals surface area contributed by atoms with Crippen LogP contribution in [0.2, 0.25) is 0 Å². The van der Waals surface area contributed by atoms with E-state index in [0.717, 1.165) is 22.3 Å². The number of oxazole rings is 1. The highest BCUT2D eigenvalue weighted by Crippen LogP contribution is 2.40. The SMILES string of the molecule is Cc1nn(-c2nc3ccccc3o2)c2c1[C@H](c1ccccc1)CC(=O)N2. The van der Waals surface area contributed by atoms with Gasteiger partial charge in [0.25, 0.3) is 0 Å². The number of hydrogen-bond donors (Lipinski definition) is 1. The van der Waals surface area contributed by atoms with Gasteiger partial charge in [0.1, 0.15) is 11.3 Å². The molecule has 128 valence electrons. The van der Waals surface area contributed by atoms with Crippen molar-refractivity contribution in [2.75, 3.05) is 5.32 Å². The number of rotatable bonds is 2. The third-order valence-electron chi connectivity index (χ3n) is 4.77. The smallest absolute Gasteiger partial charge is 0.325 e. The minimum Gasteiger partial charge on any atom is -0.422 e. The van der Waals surface area contributed by atoms with E-state index in [9.17, 15) is 4.79 Å². The summed E-state index contributed by atoms with van der Waals surface area (Å²) in [7, 11) is 0. The highest BCUT2D eigenvalue weighted by Gasteiger charge is 2.33. The molecule has 2 aromatic heterocycles. The number of carbonyl (C=O) groups is 1. The Morgan fingerprint density at radius 3 is 2.69 bits per heavy atom. The predicted molar refractivity (Wildman–Crippen MR) is 97.4 cm³/mol. The van der Waals surface area contributed by atoms with Gasteiger partial charge in [0.15, 0.2) is 5.58 Å². The molecule has 0 unspecified atom stereocenters. The van der Waals surface area contributed by atoms with Crippen LogP contribution >= 0.6 is 0 Å². The van der Waals surface area contributed by atoms with Crippen molar-refractivity contribution in [2.45, 2.75) is 19.3 Å². The Balaban J connectivity index is 1.69. The van der Waals surface area contributed by atoms with Gasteiger partial charge < -0.3 is 9.73 Å². The molecule has 6 heteroatoms. The minimum atomic E-state index is -0.0383. The van der Waals surface area contributed by atoms with Crippen LogP contribution in [0.3, 0.4) is 0 Å². The van der Waals surface area contributed by atoms with E-state index in [-0.39, 0.29) is 11.8 Å². The molecule has 4 aromatic rings. The monoisotopic (exact) mass is 344 g/mol. The molecular weight excluding hydrogens is 328 g/mol. The summed E-state index contributed by atoms with van der Waals surface area (Å²) in [6.07, 6.45) is 0.400. The van der Waals surface area contributed by atoms with E-state index in [0.29, 0.717) is 23.8 Å². The van der Waals surface area contributed by atoms with Crippen molar-refractivity contribution >= 4 is 22.8 Å². The second kappa shape index (κ2) is 5.56. The molecule has 26 heavy (non-hydrogen) atoms. The van der Waals surface area contributed by atoms with Crippen LogP contribution in [-0.2, 0) is 4.79 Å². The lowest BCUT2D eigenvalue weighted by Gasteiger charge is -2.23. The Labute approximate surface area is 149 Å². The van der Waals surface area contributed by atoms with E-state index in [1.807, 2.05) is 61.5 Å². The Bertz CT molecular complexity index is 1090. The first-order valence-electron chi connectivity index (χ1n) is 8.51. The van der Waals surface area contributed by atoms with Gasteiger partial charge in [-0.25, -0.2) is 0 Å². The van der Waals surface area contributed by atoms with Crippen LogP contribution in [0.4, 0.5) is 5.82 Å². The summed E-state index contributed by atoms with van der Waals surface area (Å²) in [6, 6.07) is 17.9. The molecule has 0 saturated carbocycles. The number of carbonyl (C=O) groups excluding carboxylic acids is 1. The minimum absolute atomic E-state index is 0.0296. The van der Waals surface area contributed by atoms with E-state index in [1.165, 1.54) is 0 Å². The molecule has 0 spiro atoms. The lowest BCUT2D eigenvalue weighted by Crippen LogP contribution is -2.24. The van der Waals surface area contributed by atoms with Crippen molar-refractivity contribution in [3.05, 3.63) is 71.4 Å². The number of anilines is 1. The summed E-state index contributed by atoms with van der Waals surface area (Å²) in [5.74, 6) is 0.570. The van der Waals surface area contributed by atoms with Gasteiger partial charge >= 0.3 is 6.01 Å². The molecule has 0 fully saturated rings. The number of benzene rings is 2. The van der Waals surface area contributed by atoms with E-state index in [1.54, 1.807) is 4.68 Å². The molecule has 5 rings (SSSR count). The molecule has 3 heterocycles. The zero-order valence-corrected chi connectivity index (χ0v) is 14.1. The van der Waals surface area contributed by atoms with Gasteiger partial charge in [-0.05, 0) is 24.6 Å². The second-order valence-electron chi connectivity index (χ2n) is 6.44. The van der Waals surface area contributed by atoms with Crippen molar-refractivity contribution in [1.82, 2.24) is 14.8 Å². The maximum absolute atomic E-state index is 12.4. The maximum atomic E-state index is 12.4. The zero-order valence-electron chi connectivity index (χ0n) is 14.1. The summed E-state index contributed by atoms with van der Waals surface area (Å²) < 4.78 is 7.44. The van der Waals surface area contributed by atoms with E-state index in [2.05, 4.69) is 15.4 Å². The van der Waals surface area contributed by atoms with Gasteiger partial charge in [0.05, 0.1) is 5.69 Å². The average molecular weight is 344 g/mol. The third kappa shape index (κ3) is 2.23. The molecule has 1 N–H and O–H groups in total. The van der Waals surface area contributed by atoms with Crippen LogP contribution in [0.1, 0.15) is 29.2 Å². The van der Waals surface area contributed by atoms with Crippen molar-refractivity contribution in [2.24, 2.45) is 0 Å². The molecule has 0 radical (unpaired) electrons. The van der Waals surface area contributed by atoms with Crippen LogP contribution in [-0.4, -0.2) is 20.7 Å². The number of amides is 1. The summed E-state index contributed by atoms with van der Waals surface area (Å²) in [5.41, 5.74) is 4.41. The number of para-hydroxylation sites is 2. The fraction of sp³-hybridized carbons (Fsp3) is 0.150. The number of aryl methyl sites for hydroxylation is 1. The standard InChI is InChI=1S/C20H16N4O2/c1-12-18-14(13-7-3-2-4-8-13)11-17(25)22-19(18)24(23-12)20-21-15-9-5-6-10-16(15)26-20/h2-10,14H,11H2,1H3,(H,22,25)/t14-/m0/s1. The zero-order chi connectivity index (χ0) is 17.7. The summed E-state index contributed by atoms with van der Waals surface area (Å²) in [6.45, 7) is 1.95. The summed E-state index contributed by atoms with van der Waals surface area (Å²) in [4.78, 5) is 16.9. The molecule has 0 bridgehead atoms. The van der Waals surface area contributed by atoms with Crippen LogP contribution in [0, 0.1) is 6.92 Å². The second-order valence-corrected chi connectivity index (χ2v) is 6.44.